The molecule has 3 aliphatic rings. The second-order valence-corrected chi connectivity index (χ2v) is 7.03. The average Bonchev–Trinajstić information content (AvgIpc) is 3.22. The van der Waals surface area contributed by atoms with Crippen molar-refractivity contribution in [3.63, 3.8) is 0 Å². The van der Waals surface area contributed by atoms with Crippen LogP contribution in [0.1, 0.15) is 18.9 Å². The third kappa shape index (κ3) is 2.11. The summed E-state index contributed by atoms with van der Waals surface area (Å²) >= 11 is 0. The molecule has 2 aliphatic carbocycles. The van der Waals surface area contributed by atoms with Gasteiger partial charge in [0, 0.05) is 12.6 Å². The molecule has 0 N–H and O–H groups in total. The van der Waals surface area contributed by atoms with Crippen LogP contribution >= 0.6 is 0 Å². The minimum Gasteiger partial charge on any atom is -0.294 e. The molecule has 1 saturated heterocycles. The third-order valence-corrected chi connectivity index (χ3v) is 5.57. The lowest BCUT2D eigenvalue weighted by Crippen LogP contribution is -2.44. The first kappa shape index (κ1) is 15.1. The molecule has 1 aromatic rings. The minimum absolute atomic E-state index is 0.00248. The lowest BCUT2D eigenvalue weighted by Gasteiger charge is -2.27. The fourth-order valence-electron chi connectivity index (χ4n) is 4.33. The van der Waals surface area contributed by atoms with Crippen LogP contribution in [0.5, 0.6) is 0 Å². The molecule has 124 valence electrons. The van der Waals surface area contributed by atoms with Gasteiger partial charge in [-0.2, -0.15) is 0 Å². The zero-order valence-electron chi connectivity index (χ0n) is 13.8. The maximum atomic E-state index is 12.8. The van der Waals surface area contributed by atoms with Gasteiger partial charge in [0.25, 0.3) is 0 Å². The predicted molar refractivity (Wildman–Crippen MR) is 88.8 cm³/mol. The molecule has 4 atom stereocenters. The van der Waals surface area contributed by atoms with E-state index in [0.717, 1.165) is 12.0 Å². The van der Waals surface area contributed by atoms with Gasteiger partial charge < -0.3 is 0 Å². The summed E-state index contributed by atoms with van der Waals surface area (Å²) in [4.78, 5) is 40.4. The van der Waals surface area contributed by atoms with Gasteiger partial charge in [0.2, 0.25) is 17.7 Å². The Hall–Kier alpha value is -2.43. The number of amides is 3. The minimum atomic E-state index is -0.223. The van der Waals surface area contributed by atoms with E-state index in [4.69, 9.17) is 0 Å². The Balaban J connectivity index is 1.60. The third-order valence-electron chi connectivity index (χ3n) is 5.57. The number of likely N-dealkylation sites (tertiary alicyclic amines) is 1. The van der Waals surface area contributed by atoms with Gasteiger partial charge in [-0.25, -0.2) is 0 Å². The molecule has 4 unspecified atom stereocenters. The summed E-state index contributed by atoms with van der Waals surface area (Å²) in [6.07, 6.45) is 5.06. The summed E-state index contributed by atoms with van der Waals surface area (Å²) in [5, 5.41) is 0. The predicted octanol–water partition coefficient (Wildman–Crippen LogP) is 2.11. The van der Waals surface area contributed by atoms with Crippen LogP contribution in [0.25, 0.3) is 0 Å². The maximum Gasteiger partial charge on any atom is 0.235 e. The van der Waals surface area contributed by atoms with Gasteiger partial charge in [-0.15, -0.1) is 0 Å². The molecule has 1 heterocycles. The highest BCUT2D eigenvalue weighted by Gasteiger charge is 2.59. The number of allylic oxidation sites excluding steroid dienone is 2. The van der Waals surface area contributed by atoms with E-state index in [1.807, 2.05) is 31.2 Å². The number of rotatable bonds is 3. The normalized spacial score (nSPS) is 30.2. The molecule has 1 aliphatic heterocycles. The highest BCUT2D eigenvalue weighted by atomic mass is 16.2. The molecule has 0 aromatic heterocycles. The standard InChI is InChI=1S/C19H20N2O3/c1-11-3-7-15(8-4-11)20(12(2)22)10-21-18(23)16-13-5-6-14(9-13)17(16)19(21)24/h3-8,13-14,16-17H,9-10H2,1-2H3. The van der Waals surface area contributed by atoms with Crippen LogP contribution in [0.2, 0.25) is 0 Å². The van der Waals surface area contributed by atoms with Gasteiger partial charge in [0.15, 0.2) is 0 Å². The SMILES string of the molecule is CC(=O)N(CN1C(=O)C2C3C=CC(C3)C2C1=O)c1ccc(C)cc1. The number of carbonyl (C=O) groups excluding carboxylic acids is 3. The number of hydrogen-bond donors (Lipinski definition) is 0. The summed E-state index contributed by atoms with van der Waals surface area (Å²) in [5.74, 6) is -0.505. The van der Waals surface area contributed by atoms with E-state index in [0.29, 0.717) is 5.69 Å². The van der Waals surface area contributed by atoms with Gasteiger partial charge in [-0.1, -0.05) is 29.8 Å². The zero-order valence-corrected chi connectivity index (χ0v) is 13.8. The molecule has 2 bridgehead atoms. The Kier molecular flexibility index (Phi) is 3.34. The van der Waals surface area contributed by atoms with Crippen LogP contribution in [-0.4, -0.2) is 29.3 Å². The topological polar surface area (TPSA) is 57.7 Å². The molecular formula is C19H20N2O3. The molecule has 5 heteroatoms. The van der Waals surface area contributed by atoms with Crippen molar-refractivity contribution in [2.24, 2.45) is 23.7 Å². The Bertz CT molecular complexity index is 722. The molecular weight excluding hydrogens is 304 g/mol. The van der Waals surface area contributed by atoms with Crippen LogP contribution in [0.3, 0.4) is 0 Å². The largest absolute Gasteiger partial charge is 0.294 e. The monoisotopic (exact) mass is 324 g/mol. The van der Waals surface area contributed by atoms with E-state index >= 15 is 0 Å². The quantitative estimate of drug-likeness (QED) is 0.632. The Morgan fingerprint density at radius 1 is 1.08 bits per heavy atom. The van der Waals surface area contributed by atoms with Gasteiger partial charge in [0.1, 0.15) is 6.67 Å². The fourth-order valence-corrected chi connectivity index (χ4v) is 4.33. The number of nitrogens with zero attached hydrogens (tertiary/aromatic N) is 2. The van der Waals surface area contributed by atoms with E-state index in [2.05, 4.69) is 12.2 Å². The zero-order chi connectivity index (χ0) is 17.0. The van der Waals surface area contributed by atoms with Crippen molar-refractivity contribution < 1.29 is 14.4 Å². The van der Waals surface area contributed by atoms with Crippen LogP contribution in [0.15, 0.2) is 36.4 Å². The van der Waals surface area contributed by atoms with Crippen LogP contribution in [0, 0.1) is 30.6 Å². The van der Waals surface area contributed by atoms with Crippen molar-refractivity contribution in [3.8, 4) is 0 Å². The van der Waals surface area contributed by atoms with E-state index in [9.17, 15) is 14.4 Å². The van der Waals surface area contributed by atoms with Crippen molar-refractivity contribution in [3.05, 3.63) is 42.0 Å². The Morgan fingerprint density at radius 3 is 2.12 bits per heavy atom. The number of hydrogen-bond acceptors (Lipinski definition) is 3. The number of carbonyl (C=O) groups is 3. The molecule has 5 nitrogen and oxygen atoms in total. The smallest absolute Gasteiger partial charge is 0.235 e. The van der Waals surface area contributed by atoms with Gasteiger partial charge >= 0.3 is 0 Å². The Labute approximate surface area is 140 Å². The average molecular weight is 324 g/mol. The lowest BCUT2D eigenvalue weighted by molar-refractivity contribution is -0.140. The van der Waals surface area contributed by atoms with E-state index in [-0.39, 0.29) is 48.1 Å². The van der Waals surface area contributed by atoms with Crippen molar-refractivity contribution in [1.82, 2.24) is 4.90 Å². The fraction of sp³-hybridized carbons (Fsp3) is 0.421. The van der Waals surface area contributed by atoms with Crippen LogP contribution in [0.4, 0.5) is 5.69 Å². The number of anilines is 1. The summed E-state index contributed by atoms with van der Waals surface area (Å²) in [5.41, 5.74) is 1.79. The highest BCUT2D eigenvalue weighted by molar-refractivity contribution is 6.07. The number of imide groups is 1. The van der Waals surface area contributed by atoms with Crippen molar-refractivity contribution in [1.29, 1.82) is 0 Å². The highest BCUT2D eigenvalue weighted by Crippen LogP contribution is 2.52. The van der Waals surface area contributed by atoms with Crippen LogP contribution < -0.4 is 4.90 Å². The van der Waals surface area contributed by atoms with E-state index in [1.165, 1.54) is 16.7 Å². The first-order valence-electron chi connectivity index (χ1n) is 8.35. The molecule has 0 spiro atoms. The summed E-state index contributed by atoms with van der Waals surface area (Å²) in [7, 11) is 0. The molecule has 2 fully saturated rings. The molecule has 0 radical (unpaired) electrons. The van der Waals surface area contributed by atoms with Gasteiger partial charge in [-0.05, 0) is 37.3 Å². The first-order chi connectivity index (χ1) is 11.5. The molecule has 4 rings (SSSR count). The lowest BCUT2D eigenvalue weighted by atomic mass is 9.85. The van der Waals surface area contributed by atoms with Crippen molar-refractivity contribution in [2.45, 2.75) is 20.3 Å². The number of fused-ring (bicyclic) bond motifs is 5. The summed E-state index contributed by atoms with van der Waals surface area (Å²) in [6, 6.07) is 7.51. The van der Waals surface area contributed by atoms with Gasteiger partial charge in [0.05, 0.1) is 11.8 Å². The summed E-state index contributed by atoms with van der Waals surface area (Å²) < 4.78 is 0. The number of aryl methyl sites for hydroxylation is 1. The van der Waals surface area contributed by atoms with Crippen LogP contribution in [-0.2, 0) is 14.4 Å². The Morgan fingerprint density at radius 2 is 1.62 bits per heavy atom. The first-order valence-corrected chi connectivity index (χ1v) is 8.35. The van der Waals surface area contributed by atoms with E-state index in [1.54, 1.807) is 0 Å². The van der Waals surface area contributed by atoms with Crippen molar-refractivity contribution in [2.75, 3.05) is 11.6 Å². The summed E-state index contributed by atoms with van der Waals surface area (Å²) in [6.45, 7) is 3.43. The molecule has 3 amide bonds. The molecule has 24 heavy (non-hydrogen) atoms. The molecule has 1 aromatic carbocycles. The van der Waals surface area contributed by atoms with E-state index < -0.39 is 0 Å². The van der Waals surface area contributed by atoms with Crippen molar-refractivity contribution >= 4 is 23.4 Å². The van der Waals surface area contributed by atoms with Gasteiger partial charge in [-0.3, -0.25) is 24.2 Å². The second-order valence-electron chi connectivity index (χ2n) is 7.03. The number of benzene rings is 1. The maximum absolute atomic E-state index is 12.8. The molecule has 1 saturated carbocycles. The second kappa shape index (κ2) is 5.30.